The molecular weight excluding hydrogens is 402 g/mol. The fourth-order valence-corrected chi connectivity index (χ4v) is 3.21. The Morgan fingerprint density at radius 2 is 1.74 bits per heavy atom. The minimum atomic E-state index is -0.965. The molecule has 0 saturated carbocycles. The van der Waals surface area contributed by atoms with E-state index in [1.165, 1.54) is 18.2 Å². The van der Waals surface area contributed by atoms with Gasteiger partial charge in [0.1, 0.15) is 6.61 Å². The van der Waals surface area contributed by atoms with Gasteiger partial charge in [-0.3, -0.25) is 9.69 Å². The highest BCUT2D eigenvalue weighted by Crippen LogP contribution is 2.30. The molecule has 0 heterocycles. The summed E-state index contributed by atoms with van der Waals surface area (Å²) in [5.41, 5.74) is 0.910. The maximum atomic E-state index is 13.3. The van der Waals surface area contributed by atoms with Gasteiger partial charge >= 0.3 is 0 Å². The van der Waals surface area contributed by atoms with E-state index in [0.29, 0.717) is 41.4 Å². The van der Waals surface area contributed by atoms with Crippen molar-refractivity contribution in [2.24, 2.45) is 0 Å². The van der Waals surface area contributed by atoms with Gasteiger partial charge in [0.15, 0.2) is 23.1 Å². The summed E-state index contributed by atoms with van der Waals surface area (Å²) in [4.78, 5) is 14.5. The van der Waals surface area contributed by atoms with E-state index < -0.39 is 17.5 Å². The highest BCUT2D eigenvalue weighted by atomic mass is 19.2. The van der Waals surface area contributed by atoms with E-state index in [0.717, 1.165) is 18.7 Å². The van der Waals surface area contributed by atoms with Crippen LogP contribution in [-0.2, 0) is 4.79 Å². The maximum absolute atomic E-state index is 13.3. The van der Waals surface area contributed by atoms with E-state index in [1.54, 1.807) is 25.3 Å². The summed E-state index contributed by atoms with van der Waals surface area (Å²) in [6, 6.07) is 9.33. The molecule has 0 atom stereocenters. The van der Waals surface area contributed by atoms with Crippen LogP contribution in [-0.4, -0.2) is 43.2 Å². The Bertz CT molecular complexity index is 906. The van der Waals surface area contributed by atoms with Crippen molar-refractivity contribution in [3.63, 3.8) is 0 Å². The van der Waals surface area contributed by atoms with Crippen LogP contribution in [0.4, 0.5) is 14.5 Å². The van der Waals surface area contributed by atoms with Crippen molar-refractivity contribution in [1.82, 2.24) is 4.90 Å². The van der Waals surface area contributed by atoms with Gasteiger partial charge in [-0.2, -0.15) is 0 Å². The van der Waals surface area contributed by atoms with Gasteiger partial charge in [0.05, 0.1) is 7.11 Å². The average molecular weight is 433 g/mol. The number of hydrogen-bond acceptors (Lipinski definition) is 4. The lowest BCUT2D eigenvalue weighted by atomic mass is 10.2. The third-order valence-corrected chi connectivity index (χ3v) is 4.74. The molecule has 31 heavy (non-hydrogen) atoms. The Balaban J connectivity index is 2.02. The van der Waals surface area contributed by atoms with Crippen LogP contribution >= 0.6 is 0 Å². The summed E-state index contributed by atoms with van der Waals surface area (Å²) < 4.78 is 37.5. The maximum Gasteiger partial charge on any atom is 0.248 e. The topological polar surface area (TPSA) is 50.8 Å². The highest BCUT2D eigenvalue weighted by Gasteiger charge is 2.14. The summed E-state index contributed by atoms with van der Waals surface area (Å²) in [6.07, 6.45) is 2.66. The van der Waals surface area contributed by atoms with Crippen LogP contribution in [0.3, 0.4) is 0 Å². The Labute approximate surface area is 182 Å². The number of benzene rings is 2. The Morgan fingerprint density at radius 1 is 1.03 bits per heavy atom. The van der Waals surface area contributed by atoms with Crippen LogP contribution in [0, 0.1) is 11.6 Å². The highest BCUT2D eigenvalue weighted by molar-refractivity contribution is 6.02. The van der Waals surface area contributed by atoms with Crippen molar-refractivity contribution >= 4 is 17.7 Å². The van der Waals surface area contributed by atoms with E-state index in [1.807, 2.05) is 0 Å². The number of halogens is 2. The second-order valence-corrected chi connectivity index (χ2v) is 7.64. The molecule has 5 nitrogen and oxygen atoms in total. The minimum absolute atomic E-state index is 0.382. The van der Waals surface area contributed by atoms with E-state index in [9.17, 15) is 13.6 Å². The fourth-order valence-electron chi connectivity index (χ4n) is 3.21. The second-order valence-electron chi connectivity index (χ2n) is 7.64. The summed E-state index contributed by atoms with van der Waals surface area (Å²) in [6.45, 7) is 9.80. The molecule has 0 radical (unpaired) electrons. The molecule has 0 aliphatic carbocycles. The van der Waals surface area contributed by atoms with Gasteiger partial charge < -0.3 is 14.8 Å². The second kappa shape index (κ2) is 11.5. The molecule has 0 spiro atoms. The van der Waals surface area contributed by atoms with Crippen molar-refractivity contribution in [1.29, 1.82) is 0 Å². The Hall–Kier alpha value is -2.93. The first-order chi connectivity index (χ1) is 14.7. The fraction of sp³-hybridized carbons (Fsp3) is 0.375. The average Bonchev–Trinajstić information content (AvgIpc) is 2.71. The summed E-state index contributed by atoms with van der Waals surface area (Å²) in [5, 5.41) is 2.73. The van der Waals surface area contributed by atoms with Crippen LogP contribution in [0.5, 0.6) is 11.5 Å². The molecule has 168 valence electrons. The quantitative estimate of drug-likeness (QED) is 0.529. The summed E-state index contributed by atoms with van der Waals surface area (Å²) in [5.74, 6) is -1.22. The third-order valence-electron chi connectivity index (χ3n) is 4.74. The lowest BCUT2D eigenvalue weighted by molar-refractivity contribution is -0.111. The molecule has 0 bridgehead atoms. The van der Waals surface area contributed by atoms with Gasteiger partial charge in [-0.15, -0.1) is 0 Å². The molecule has 2 aromatic rings. The zero-order valence-electron chi connectivity index (χ0n) is 18.6. The zero-order valence-corrected chi connectivity index (χ0v) is 18.6. The molecule has 1 N–H and O–H groups in total. The molecule has 7 heteroatoms. The molecule has 1 amide bonds. The predicted molar refractivity (Wildman–Crippen MR) is 119 cm³/mol. The molecule has 2 rings (SSSR count). The van der Waals surface area contributed by atoms with Gasteiger partial charge in [0.2, 0.25) is 5.91 Å². The number of methoxy groups -OCH3 is 1. The Morgan fingerprint density at radius 3 is 2.35 bits per heavy atom. The van der Waals surface area contributed by atoms with E-state index in [4.69, 9.17) is 9.47 Å². The van der Waals surface area contributed by atoms with Crippen LogP contribution in [0.1, 0.15) is 33.3 Å². The first kappa shape index (κ1) is 24.3. The monoisotopic (exact) mass is 432 g/mol. The van der Waals surface area contributed by atoms with E-state index in [2.05, 4.69) is 37.9 Å². The number of hydrogen-bond donors (Lipinski definition) is 1. The number of carbonyl (C=O) groups excluding carboxylic acids is 1. The van der Waals surface area contributed by atoms with Crippen molar-refractivity contribution in [2.75, 3.05) is 25.6 Å². The lowest BCUT2D eigenvalue weighted by Gasteiger charge is -2.30. The Kier molecular flexibility index (Phi) is 9.00. The van der Waals surface area contributed by atoms with Gasteiger partial charge in [-0.25, -0.2) is 8.78 Å². The molecule has 0 saturated heterocycles. The van der Waals surface area contributed by atoms with Crippen molar-refractivity contribution in [2.45, 2.75) is 39.8 Å². The molecule has 0 aliphatic heterocycles. The van der Waals surface area contributed by atoms with Gasteiger partial charge in [0.25, 0.3) is 0 Å². The predicted octanol–water partition coefficient (Wildman–Crippen LogP) is 5.12. The smallest absolute Gasteiger partial charge is 0.248 e. The van der Waals surface area contributed by atoms with Crippen LogP contribution in [0.25, 0.3) is 6.08 Å². The largest absolute Gasteiger partial charge is 0.493 e. The number of anilines is 1. The zero-order chi connectivity index (χ0) is 23.0. The van der Waals surface area contributed by atoms with Crippen LogP contribution < -0.4 is 14.8 Å². The third kappa shape index (κ3) is 7.36. The van der Waals surface area contributed by atoms with Crippen molar-refractivity contribution in [3.05, 3.63) is 59.7 Å². The SMILES string of the molecule is COc1ccc(NC(=O)/C=C/c2ccc(F)c(F)c2)cc1OCCN(C(C)C)C(C)C. The molecule has 0 unspecified atom stereocenters. The van der Waals surface area contributed by atoms with Gasteiger partial charge in [-0.05, 0) is 63.6 Å². The number of ether oxygens (including phenoxy) is 2. The van der Waals surface area contributed by atoms with Gasteiger partial charge in [0, 0.05) is 36.5 Å². The van der Waals surface area contributed by atoms with Crippen molar-refractivity contribution in [3.8, 4) is 11.5 Å². The number of carbonyl (C=O) groups is 1. The van der Waals surface area contributed by atoms with Crippen LogP contribution in [0.15, 0.2) is 42.5 Å². The summed E-state index contributed by atoms with van der Waals surface area (Å²) >= 11 is 0. The van der Waals surface area contributed by atoms with Gasteiger partial charge in [-0.1, -0.05) is 6.07 Å². The number of rotatable bonds is 10. The molecular formula is C24H30F2N2O3. The van der Waals surface area contributed by atoms with Crippen LogP contribution in [0.2, 0.25) is 0 Å². The van der Waals surface area contributed by atoms with Crippen molar-refractivity contribution < 1.29 is 23.0 Å². The number of amides is 1. The lowest BCUT2D eigenvalue weighted by Crippen LogP contribution is -2.39. The molecule has 0 aromatic heterocycles. The minimum Gasteiger partial charge on any atom is -0.493 e. The first-order valence-electron chi connectivity index (χ1n) is 10.2. The summed E-state index contributed by atoms with van der Waals surface area (Å²) in [7, 11) is 1.56. The molecule has 0 fully saturated rings. The standard InChI is InChI=1S/C24H30F2N2O3/c1-16(2)28(17(3)4)12-13-31-23-15-19(8-10-22(23)30-5)27-24(29)11-7-18-6-9-20(25)21(26)14-18/h6-11,14-17H,12-13H2,1-5H3,(H,27,29)/b11-7+. The van der Waals surface area contributed by atoms with E-state index in [-0.39, 0.29) is 0 Å². The first-order valence-corrected chi connectivity index (χ1v) is 10.2. The normalized spacial score (nSPS) is 11.5. The number of nitrogens with one attached hydrogen (secondary N) is 1. The molecule has 0 aliphatic rings. The van der Waals surface area contributed by atoms with E-state index >= 15 is 0 Å². The molecule has 2 aromatic carbocycles. The number of nitrogens with zero attached hydrogens (tertiary/aromatic N) is 1.